The molecule has 0 spiro atoms. The van der Waals surface area contributed by atoms with E-state index in [4.69, 9.17) is 8.83 Å². The molecule has 8 heteroatoms. The Kier molecular flexibility index (Phi) is 6.08. The van der Waals surface area contributed by atoms with E-state index in [1.807, 2.05) is 30.3 Å². The minimum atomic E-state index is -0.341. The second-order valence-electron chi connectivity index (χ2n) is 6.65. The Labute approximate surface area is 178 Å². The molecule has 0 bridgehead atoms. The van der Waals surface area contributed by atoms with E-state index in [-0.39, 0.29) is 17.7 Å². The van der Waals surface area contributed by atoms with E-state index in [1.165, 1.54) is 6.26 Å². The smallest absolute Gasteiger partial charge is 0.319 e. The summed E-state index contributed by atoms with van der Waals surface area (Å²) < 4.78 is 10.5. The van der Waals surface area contributed by atoms with Gasteiger partial charge in [-0.15, -0.1) is 0 Å². The molecular weight excluding hydrogens is 396 g/mol. The van der Waals surface area contributed by atoms with E-state index in [0.29, 0.717) is 30.2 Å². The van der Waals surface area contributed by atoms with Gasteiger partial charge in [-0.2, -0.15) is 0 Å². The van der Waals surface area contributed by atoms with Crippen LogP contribution in [0, 0.1) is 0 Å². The zero-order valence-corrected chi connectivity index (χ0v) is 16.5. The minimum Gasteiger partial charge on any atom is -0.459 e. The Bertz CT molecular complexity index is 1140. The lowest BCUT2D eigenvalue weighted by atomic mass is 10.2. The summed E-state index contributed by atoms with van der Waals surface area (Å²) in [6.45, 7) is 0.407. The molecule has 3 amide bonds. The van der Waals surface area contributed by atoms with Gasteiger partial charge in [-0.25, -0.2) is 9.78 Å². The number of benzene rings is 2. The Balaban J connectivity index is 1.22. The molecule has 3 N–H and O–H groups in total. The van der Waals surface area contributed by atoms with Crippen LogP contribution in [0.1, 0.15) is 16.2 Å². The van der Waals surface area contributed by atoms with Gasteiger partial charge < -0.3 is 24.8 Å². The van der Waals surface area contributed by atoms with E-state index in [2.05, 4.69) is 20.9 Å². The first-order valence-electron chi connectivity index (χ1n) is 9.67. The van der Waals surface area contributed by atoms with Crippen molar-refractivity contribution in [3.63, 3.8) is 0 Å². The predicted octanol–water partition coefficient (Wildman–Crippen LogP) is 4.55. The first kappa shape index (κ1) is 20.0. The van der Waals surface area contributed by atoms with Crippen LogP contribution in [0.4, 0.5) is 16.2 Å². The molecule has 0 aliphatic heterocycles. The predicted molar refractivity (Wildman–Crippen MR) is 116 cm³/mol. The lowest BCUT2D eigenvalue weighted by Crippen LogP contribution is -2.30. The van der Waals surface area contributed by atoms with E-state index in [0.717, 1.165) is 11.3 Å². The molecule has 2 heterocycles. The zero-order valence-electron chi connectivity index (χ0n) is 16.5. The van der Waals surface area contributed by atoms with Crippen LogP contribution in [0.2, 0.25) is 0 Å². The van der Waals surface area contributed by atoms with E-state index in [9.17, 15) is 9.59 Å². The molecule has 0 aliphatic carbocycles. The van der Waals surface area contributed by atoms with Crippen LogP contribution in [0.3, 0.4) is 0 Å². The topological polar surface area (TPSA) is 109 Å². The zero-order chi connectivity index (χ0) is 21.5. The molecule has 0 fully saturated rings. The molecule has 0 atom stereocenters. The number of carbonyl (C=O) groups is 2. The normalized spacial score (nSPS) is 10.5. The van der Waals surface area contributed by atoms with Crippen LogP contribution in [-0.4, -0.2) is 23.5 Å². The molecule has 0 saturated heterocycles. The van der Waals surface area contributed by atoms with Crippen LogP contribution >= 0.6 is 0 Å². The Hall–Kier alpha value is -4.33. The summed E-state index contributed by atoms with van der Waals surface area (Å²) in [6, 6.07) is 19.3. The highest BCUT2D eigenvalue weighted by Crippen LogP contribution is 2.18. The SMILES string of the molecule is O=C(NCCc1coc(-c2ccccc2)n1)Nc1ccc(NC(=O)c2ccco2)cc1. The molecule has 4 rings (SSSR count). The Morgan fingerprint density at radius 3 is 2.29 bits per heavy atom. The minimum absolute atomic E-state index is 0.226. The van der Waals surface area contributed by atoms with Gasteiger partial charge in [0.15, 0.2) is 5.76 Å². The van der Waals surface area contributed by atoms with E-state index in [1.54, 1.807) is 42.7 Å². The molecule has 8 nitrogen and oxygen atoms in total. The number of nitrogens with zero attached hydrogens (tertiary/aromatic N) is 1. The second kappa shape index (κ2) is 9.45. The van der Waals surface area contributed by atoms with Crippen LogP contribution in [-0.2, 0) is 6.42 Å². The van der Waals surface area contributed by atoms with Crippen molar-refractivity contribution in [3.8, 4) is 11.5 Å². The van der Waals surface area contributed by atoms with Gasteiger partial charge in [0.2, 0.25) is 5.89 Å². The fourth-order valence-electron chi connectivity index (χ4n) is 2.85. The van der Waals surface area contributed by atoms with Gasteiger partial charge in [-0.3, -0.25) is 4.79 Å². The van der Waals surface area contributed by atoms with Gasteiger partial charge in [-0.1, -0.05) is 18.2 Å². The van der Waals surface area contributed by atoms with Crippen molar-refractivity contribution in [1.82, 2.24) is 10.3 Å². The maximum atomic E-state index is 12.1. The van der Waals surface area contributed by atoms with Crippen LogP contribution in [0.15, 0.2) is 88.1 Å². The first-order valence-corrected chi connectivity index (χ1v) is 9.67. The van der Waals surface area contributed by atoms with Crippen LogP contribution < -0.4 is 16.0 Å². The fourth-order valence-corrected chi connectivity index (χ4v) is 2.85. The van der Waals surface area contributed by atoms with Gasteiger partial charge in [0.25, 0.3) is 5.91 Å². The third-order valence-electron chi connectivity index (χ3n) is 4.38. The van der Waals surface area contributed by atoms with Crippen molar-refractivity contribution in [3.05, 3.63) is 90.7 Å². The van der Waals surface area contributed by atoms with Gasteiger partial charge in [0.05, 0.1) is 12.0 Å². The molecule has 0 unspecified atom stereocenters. The lowest BCUT2D eigenvalue weighted by Gasteiger charge is -2.08. The highest BCUT2D eigenvalue weighted by Gasteiger charge is 2.09. The number of nitrogens with one attached hydrogen (secondary N) is 3. The second-order valence-corrected chi connectivity index (χ2v) is 6.65. The number of furan rings is 1. The Morgan fingerprint density at radius 2 is 1.58 bits per heavy atom. The summed E-state index contributed by atoms with van der Waals surface area (Å²) in [5.41, 5.74) is 2.85. The van der Waals surface area contributed by atoms with Crippen LogP contribution in [0.25, 0.3) is 11.5 Å². The Morgan fingerprint density at radius 1 is 0.839 bits per heavy atom. The van der Waals surface area contributed by atoms with Gasteiger partial charge >= 0.3 is 6.03 Å². The third kappa shape index (κ3) is 5.39. The maximum absolute atomic E-state index is 12.1. The number of amides is 3. The third-order valence-corrected chi connectivity index (χ3v) is 4.38. The summed E-state index contributed by atoms with van der Waals surface area (Å²) in [7, 11) is 0. The van der Waals surface area contributed by atoms with Gasteiger partial charge in [0.1, 0.15) is 6.26 Å². The van der Waals surface area contributed by atoms with Crippen molar-refractivity contribution in [2.45, 2.75) is 6.42 Å². The number of anilines is 2. The van der Waals surface area contributed by atoms with Crippen molar-refractivity contribution in [2.75, 3.05) is 17.2 Å². The number of rotatable bonds is 7. The number of aromatic nitrogens is 1. The summed E-state index contributed by atoms with van der Waals surface area (Å²) in [5.74, 6) is 0.440. The quantitative estimate of drug-likeness (QED) is 0.409. The summed E-state index contributed by atoms with van der Waals surface area (Å²) >= 11 is 0. The molecule has 0 radical (unpaired) electrons. The van der Waals surface area contributed by atoms with Crippen molar-refractivity contribution in [2.24, 2.45) is 0 Å². The summed E-state index contributed by atoms with van der Waals surface area (Å²) in [4.78, 5) is 28.5. The highest BCUT2D eigenvalue weighted by molar-refractivity contribution is 6.02. The van der Waals surface area contributed by atoms with Gasteiger partial charge in [0, 0.05) is 29.9 Å². The summed E-state index contributed by atoms with van der Waals surface area (Å²) in [6.07, 6.45) is 3.57. The molecule has 0 saturated carbocycles. The number of urea groups is 1. The van der Waals surface area contributed by atoms with Crippen molar-refractivity contribution >= 4 is 23.3 Å². The fraction of sp³-hybridized carbons (Fsp3) is 0.0870. The average Bonchev–Trinajstić information content (AvgIpc) is 3.48. The first-order chi connectivity index (χ1) is 15.2. The molecule has 2 aromatic carbocycles. The maximum Gasteiger partial charge on any atom is 0.319 e. The highest BCUT2D eigenvalue weighted by atomic mass is 16.3. The number of oxazole rings is 1. The molecule has 156 valence electrons. The molecule has 2 aromatic heterocycles. The molecule has 0 aliphatic rings. The summed E-state index contributed by atoms with van der Waals surface area (Å²) in [5, 5.41) is 8.24. The van der Waals surface area contributed by atoms with Gasteiger partial charge in [-0.05, 0) is 48.5 Å². The van der Waals surface area contributed by atoms with E-state index >= 15 is 0 Å². The average molecular weight is 416 g/mol. The molecule has 31 heavy (non-hydrogen) atoms. The number of carbonyl (C=O) groups excluding carboxylic acids is 2. The van der Waals surface area contributed by atoms with Crippen molar-refractivity contribution in [1.29, 1.82) is 0 Å². The molecular formula is C23H20N4O4. The number of hydrogen-bond acceptors (Lipinski definition) is 5. The molecule has 4 aromatic rings. The number of hydrogen-bond donors (Lipinski definition) is 3. The standard InChI is InChI=1S/C23H20N4O4/c28-21(20-7-4-14-30-20)25-17-8-10-18(11-9-17)27-23(29)24-13-12-19-15-31-22(26-19)16-5-2-1-3-6-16/h1-11,14-15H,12-13H2,(H,25,28)(H2,24,27,29). The van der Waals surface area contributed by atoms with E-state index < -0.39 is 0 Å². The van der Waals surface area contributed by atoms with Crippen molar-refractivity contribution < 1.29 is 18.4 Å². The lowest BCUT2D eigenvalue weighted by molar-refractivity contribution is 0.0996. The van der Waals surface area contributed by atoms with Crippen LogP contribution in [0.5, 0.6) is 0 Å². The largest absolute Gasteiger partial charge is 0.459 e. The monoisotopic (exact) mass is 416 g/mol.